The molecule has 2 N–H and O–H groups in total. The minimum Gasteiger partial charge on any atom is -0.384 e. The van der Waals surface area contributed by atoms with E-state index in [1.807, 2.05) is 0 Å². The van der Waals surface area contributed by atoms with Crippen molar-refractivity contribution in [2.75, 3.05) is 44.6 Å². The first-order chi connectivity index (χ1) is 10.4. The van der Waals surface area contributed by atoms with Crippen LogP contribution in [0.25, 0.3) is 11.1 Å². The first-order valence-corrected chi connectivity index (χ1v) is 7.74. The van der Waals surface area contributed by atoms with Crippen LogP contribution in [0.2, 0.25) is 0 Å². The highest BCUT2D eigenvalue weighted by Gasteiger charge is 2.08. The standard InChI is InChI=1S/C18H23N3/c1-2-4-16(5-3-1)17-6-8-18(9-7-17)20-12-15-21-13-10-19-11-14-21/h1-9,19-20H,10-15H2. The molecule has 110 valence electrons. The molecule has 2 aromatic carbocycles. The lowest BCUT2D eigenvalue weighted by atomic mass is 10.1. The number of hydrogen-bond acceptors (Lipinski definition) is 3. The molecule has 1 heterocycles. The molecule has 0 bridgehead atoms. The third-order valence-corrected chi connectivity index (χ3v) is 3.96. The summed E-state index contributed by atoms with van der Waals surface area (Å²) in [4.78, 5) is 2.50. The van der Waals surface area contributed by atoms with Gasteiger partial charge in [-0.25, -0.2) is 0 Å². The van der Waals surface area contributed by atoms with Crippen LogP contribution in [-0.2, 0) is 0 Å². The van der Waals surface area contributed by atoms with Crippen molar-refractivity contribution in [3.63, 3.8) is 0 Å². The van der Waals surface area contributed by atoms with Crippen molar-refractivity contribution >= 4 is 5.69 Å². The van der Waals surface area contributed by atoms with Crippen LogP contribution in [0.5, 0.6) is 0 Å². The van der Waals surface area contributed by atoms with E-state index < -0.39 is 0 Å². The monoisotopic (exact) mass is 281 g/mol. The lowest BCUT2D eigenvalue weighted by Crippen LogP contribution is -2.45. The van der Waals surface area contributed by atoms with Gasteiger partial charge in [0.05, 0.1) is 0 Å². The van der Waals surface area contributed by atoms with Gasteiger partial charge in [0.15, 0.2) is 0 Å². The third kappa shape index (κ3) is 4.06. The van der Waals surface area contributed by atoms with E-state index in [4.69, 9.17) is 0 Å². The summed E-state index contributed by atoms with van der Waals surface area (Å²) in [5, 5.41) is 6.89. The summed E-state index contributed by atoms with van der Waals surface area (Å²) in [5.74, 6) is 0. The van der Waals surface area contributed by atoms with E-state index in [-0.39, 0.29) is 0 Å². The smallest absolute Gasteiger partial charge is 0.0341 e. The highest BCUT2D eigenvalue weighted by Crippen LogP contribution is 2.20. The summed E-state index contributed by atoms with van der Waals surface area (Å²) >= 11 is 0. The Morgan fingerprint density at radius 3 is 2.24 bits per heavy atom. The zero-order valence-electron chi connectivity index (χ0n) is 12.4. The summed E-state index contributed by atoms with van der Waals surface area (Å²) < 4.78 is 0. The molecule has 0 spiro atoms. The molecule has 0 unspecified atom stereocenters. The molecule has 0 saturated carbocycles. The molecular weight excluding hydrogens is 258 g/mol. The minimum atomic E-state index is 1.00. The van der Waals surface area contributed by atoms with E-state index in [0.29, 0.717) is 0 Å². The van der Waals surface area contributed by atoms with Crippen molar-refractivity contribution in [3.8, 4) is 11.1 Å². The van der Waals surface area contributed by atoms with Gasteiger partial charge in [-0.15, -0.1) is 0 Å². The van der Waals surface area contributed by atoms with Gasteiger partial charge in [-0.1, -0.05) is 42.5 Å². The highest BCUT2D eigenvalue weighted by atomic mass is 15.2. The van der Waals surface area contributed by atoms with Crippen molar-refractivity contribution in [1.29, 1.82) is 0 Å². The van der Waals surface area contributed by atoms with Crippen molar-refractivity contribution in [1.82, 2.24) is 10.2 Å². The Hall–Kier alpha value is -1.84. The van der Waals surface area contributed by atoms with E-state index in [9.17, 15) is 0 Å². The molecule has 3 heteroatoms. The summed E-state index contributed by atoms with van der Waals surface area (Å²) in [6.45, 7) is 6.67. The van der Waals surface area contributed by atoms with Crippen molar-refractivity contribution in [2.45, 2.75) is 0 Å². The molecule has 3 nitrogen and oxygen atoms in total. The minimum absolute atomic E-state index is 1.00. The number of rotatable bonds is 5. The van der Waals surface area contributed by atoms with Crippen LogP contribution in [0, 0.1) is 0 Å². The topological polar surface area (TPSA) is 27.3 Å². The maximum Gasteiger partial charge on any atom is 0.0341 e. The van der Waals surface area contributed by atoms with Gasteiger partial charge in [0.1, 0.15) is 0 Å². The van der Waals surface area contributed by atoms with Gasteiger partial charge in [-0.2, -0.15) is 0 Å². The summed E-state index contributed by atoms with van der Waals surface area (Å²) in [7, 11) is 0. The zero-order chi connectivity index (χ0) is 14.3. The molecule has 1 fully saturated rings. The number of benzene rings is 2. The number of nitrogens with zero attached hydrogens (tertiary/aromatic N) is 1. The van der Waals surface area contributed by atoms with Crippen LogP contribution < -0.4 is 10.6 Å². The Morgan fingerprint density at radius 1 is 0.857 bits per heavy atom. The number of piperazine rings is 1. The number of hydrogen-bond donors (Lipinski definition) is 2. The summed E-state index contributed by atoms with van der Waals surface area (Å²) in [6.07, 6.45) is 0. The molecule has 1 aliphatic heterocycles. The second kappa shape index (κ2) is 7.25. The third-order valence-electron chi connectivity index (χ3n) is 3.96. The Bertz CT molecular complexity index is 530. The van der Waals surface area contributed by atoms with Crippen LogP contribution in [0.1, 0.15) is 0 Å². The molecule has 0 aromatic heterocycles. The molecule has 0 amide bonds. The predicted molar refractivity (Wildman–Crippen MR) is 89.7 cm³/mol. The van der Waals surface area contributed by atoms with Gasteiger partial charge in [0.25, 0.3) is 0 Å². The summed E-state index contributed by atoms with van der Waals surface area (Å²) in [5.41, 5.74) is 3.73. The quantitative estimate of drug-likeness (QED) is 0.882. The van der Waals surface area contributed by atoms with Crippen LogP contribution in [0.4, 0.5) is 5.69 Å². The van der Waals surface area contributed by atoms with Gasteiger partial charge < -0.3 is 10.6 Å². The molecule has 0 radical (unpaired) electrons. The number of anilines is 1. The SMILES string of the molecule is c1ccc(-c2ccc(NCCN3CCNCC3)cc2)cc1. The van der Waals surface area contributed by atoms with Gasteiger partial charge in [0.2, 0.25) is 0 Å². The molecular formula is C18H23N3. The highest BCUT2D eigenvalue weighted by molar-refractivity contribution is 5.65. The summed E-state index contributed by atoms with van der Waals surface area (Å²) in [6, 6.07) is 19.2. The molecule has 2 aromatic rings. The second-order valence-electron chi connectivity index (χ2n) is 5.46. The maximum absolute atomic E-state index is 3.51. The average molecular weight is 281 g/mol. The lowest BCUT2D eigenvalue weighted by molar-refractivity contribution is 0.249. The van der Waals surface area contributed by atoms with E-state index >= 15 is 0 Å². The normalized spacial score (nSPS) is 15.8. The largest absolute Gasteiger partial charge is 0.384 e. The van der Waals surface area contributed by atoms with Gasteiger partial charge in [0, 0.05) is 45.0 Å². The molecule has 21 heavy (non-hydrogen) atoms. The van der Waals surface area contributed by atoms with Crippen LogP contribution in [0.3, 0.4) is 0 Å². The second-order valence-corrected chi connectivity index (χ2v) is 5.46. The fraction of sp³-hybridized carbons (Fsp3) is 0.333. The van der Waals surface area contributed by atoms with Gasteiger partial charge >= 0.3 is 0 Å². The molecule has 1 aliphatic rings. The lowest BCUT2D eigenvalue weighted by Gasteiger charge is -2.27. The van der Waals surface area contributed by atoms with E-state index in [1.165, 1.54) is 16.8 Å². The van der Waals surface area contributed by atoms with E-state index in [1.54, 1.807) is 0 Å². The van der Waals surface area contributed by atoms with Crippen molar-refractivity contribution < 1.29 is 0 Å². The predicted octanol–water partition coefficient (Wildman–Crippen LogP) is 2.67. The Balaban J connectivity index is 1.50. The fourth-order valence-corrected chi connectivity index (χ4v) is 2.70. The van der Waals surface area contributed by atoms with Gasteiger partial charge in [-0.3, -0.25) is 4.90 Å². The number of nitrogens with one attached hydrogen (secondary N) is 2. The Kier molecular flexibility index (Phi) is 4.87. The average Bonchev–Trinajstić information content (AvgIpc) is 2.57. The van der Waals surface area contributed by atoms with Crippen molar-refractivity contribution in [2.24, 2.45) is 0 Å². The maximum atomic E-state index is 3.51. The first kappa shape index (κ1) is 14.1. The van der Waals surface area contributed by atoms with Crippen LogP contribution >= 0.6 is 0 Å². The first-order valence-electron chi connectivity index (χ1n) is 7.74. The van der Waals surface area contributed by atoms with E-state index in [2.05, 4.69) is 70.1 Å². The van der Waals surface area contributed by atoms with Crippen molar-refractivity contribution in [3.05, 3.63) is 54.6 Å². The Morgan fingerprint density at radius 2 is 1.52 bits per heavy atom. The fourth-order valence-electron chi connectivity index (χ4n) is 2.70. The van der Waals surface area contributed by atoms with Gasteiger partial charge in [-0.05, 0) is 23.3 Å². The Labute approximate surface area is 127 Å². The molecule has 3 rings (SSSR count). The zero-order valence-corrected chi connectivity index (χ0v) is 12.4. The van der Waals surface area contributed by atoms with Crippen LogP contribution in [-0.4, -0.2) is 44.2 Å². The molecule has 0 aliphatic carbocycles. The molecule has 1 saturated heterocycles. The van der Waals surface area contributed by atoms with Crippen LogP contribution in [0.15, 0.2) is 54.6 Å². The van der Waals surface area contributed by atoms with E-state index in [0.717, 1.165) is 39.3 Å². The molecule has 0 atom stereocenters.